The van der Waals surface area contributed by atoms with Crippen LogP contribution in [0, 0.1) is 0 Å². The molecule has 0 radical (unpaired) electrons. The van der Waals surface area contributed by atoms with Crippen molar-refractivity contribution in [3.8, 4) is 10.6 Å². The minimum atomic E-state index is -0.300. The fourth-order valence-electron chi connectivity index (χ4n) is 3.86. The monoisotopic (exact) mass is 475 g/mol. The molecule has 2 aromatic carbocycles. The molecular formula is C26H29N5O2S. The van der Waals surface area contributed by atoms with Crippen LogP contribution in [0.3, 0.4) is 0 Å². The molecule has 7 nitrogen and oxygen atoms in total. The first kappa shape index (κ1) is 23.8. The summed E-state index contributed by atoms with van der Waals surface area (Å²) in [6, 6.07) is 19.4. The molecule has 3 N–H and O–H groups in total. The van der Waals surface area contributed by atoms with E-state index in [9.17, 15) is 9.59 Å². The first-order valence-electron chi connectivity index (χ1n) is 11.6. The van der Waals surface area contributed by atoms with Crippen molar-refractivity contribution in [1.82, 2.24) is 20.8 Å². The zero-order chi connectivity index (χ0) is 23.6. The summed E-state index contributed by atoms with van der Waals surface area (Å²) < 4.78 is 0. The lowest BCUT2D eigenvalue weighted by Gasteiger charge is -2.25. The number of piperidine rings is 1. The Bertz CT molecular complexity index is 1090. The molecule has 2 heterocycles. The van der Waals surface area contributed by atoms with Gasteiger partial charge in [0, 0.05) is 17.7 Å². The second-order valence-electron chi connectivity index (χ2n) is 8.27. The third-order valence-electron chi connectivity index (χ3n) is 5.70. The van der Waals surface area contributed by atoms with Gasteiger partial charge in [-0.3, -0.25) is 14.9 Å². The van der Waals surface area contributed by atoms with Crippen molar-refractivity contribution in [2.75, 3.05) is 11.9 Å². The molecule has 0 bridgehead atoms. The molecule has 1 aliphatic rings. The van der Waals surface area contributed by atoms with E-state index in [0.717, 1.165) is 42.8 Å². The number of benzene rings is 2. The topological polar surface area (TPSA) is 96.0 Å². The van der Waals surface area contributed by atoms with E-state index < -0.39 is 0 Å². The summed E-state index contributed by atoms with van der Waals surface area (Å²) in [6.45, 7) is 0.859. The van der Waals surface area contributed by atoms with Crippen LogP contribution in [0.15, 0.2) is 72.8 Å². The Morgan fingerprint density at radius 3 is 2.56 bits per heavy atom. The van der Waals surface area contributed by atoms with Crippen LogP contribution in [-0.2, 0) is 16.0 Å². The summed E-state index contributed by atoms with van der Waals surface area (Å²) >= 11 is 1.32. The summed E-state index contributed by atoms with van der Waals surface area (Å²) in [5, 5.41) is 18.6. The van der Waals surface area contributed by atoms with Crippen molar-refractivity contribution in [2.24, 2.45) is 0 Å². The number of carbonyl (C=O) groups excluding carboxylic acids is 2. The highest BCUT2D eigenvalue weighted by Crippen LogP contribution is 2.25. The Kier molecular flexibility index (Phi) is 8.54. The largest absolute Gasteiger partial charge is 0.349 e. The molecule has 176 valence electrons. The highest BCUT2D eigenvalue weighted by Gasteiger charge is 2.22. The Balaban J connectivity index is 1.37. The lowest BCUT2D eigenvalue weighted by molar-refractivity contribution is -0.124. The van der Waals surface area contributed by atoms with Gasteiger partial charge in [-0.1, -0.05) is 84.5 Å². The molecule has 2 atom stereocenters. The van der Waals surface area contributed by atoms with Gasteiger partial charge < -0.3 is 10.6 Å². The third kappa shape index (κ3) is 7.07. The standard InChI is InChI=1S/C26H29N5O2S/c32-23(29-26-31-30-25(34-26)20-11-5-2-6-12-20)17-16-21(15-14-19-9-3-1-4-10-19)28-24(33)22-13-7-8-18-27-22/h1-6,9-12,16-17,21-22,27H,7-8,13-15,18H2,(H,28,33)(H,29,31,32)/b17-16+/t21-,22-/m0/s1. The molecule has 0 unspecified atom stereocenters. The van der Waals surface area contributed by atoms with Crippen molar-refractivity contribution >= 4 is 28.3 Å². The number of hydrogen-bond donors (Lipinski definition) is 3. The Labute approximate surface area is 203 Å². The molecule has 1 fully saturated rings. The molecule has 0 saturated carbocycles. The maximum atomic E-state index is 12.8. The van der Waals surface area contributed by atoms with Crippen molar-refractivity contribution < 1.29 is 9.59 Å². The summed E-state index contributed by atoms with van der Waals surface area (Å²) in [5.41, 5.74) is 2.15. The second-order valence-corrected chi connectivity index (χ2v) is 9.25. The van der Waals surface area contributed by atoms with Crippen molar-refractivity contribution in [2.45, 2.75) is 44.2 Å². The van der Waals surface area contributed by atoms with Crippen LogP contribution in [0.1, 0.15) is 31.2 Å². The van der Waals surface area contributed by atoms with Gasteiger partial charge in [0.05, 0.1) is 6.04 Å². The van der Waals surface area contributed by atoms with Crippen molar-refractivity contribution in [3.63, 3.8) is 0 Å². The highest BCUT2D eigenvalue weighted by atomic mass is 32.1. The predicted octanol–water partition coefficient (Wildman–Crippen LogP) is 3.96. The van der Waals surface area contributed by atoms with Crippen LogP contribution in [0.4, 0.5) is 5.13 Å². The maximum Gasteiger partial charge on any atom is 0.249 e. The molecule has 1 aliphatic heterocycles. The lowest BCUT2D eigenvalue weighted by Crippen LogP contribution is -2.49. The SMILES string of the molecule is O=C(/C=C/[C@H](CCc1ccccc1)NC(=O)[C@@H]1CCCCN1)Nc1nnc(-c2ccccc2)s1. The van der Waals surface area contributed by atoms with E-state index in [1.165, 1.54) is 23.0 Å². The van der Waals surface area contributed by atoms with Crippen LogP contribution in [0.25, 0.3) is 10.6 Å². The van der Waals surface area contributed by atoms with E-state index in [4.69, 9.17) is 0 Å². The molecule has 8 heteroatoms. The summed E-state index contributed by atoms with van der Waals surface area (Å²) in [4.78, 5) is 25.3. The van der Waals surface area contributed by atoms with E-state index in [2.05, 4.69) is 38.3 Å². The predicted molar refractivity (Wildman–Crippen MR) is 135 cm³/mol. The molecule has 4 rings (SSSR count). The zero-order valence-electron chi connectivity index (χ0n) is 18.9. The fraction of sp³-hybridized carbons (Fsp3) is 0.308. The van der Waals surface area contributed by atoms with Crippen LogP contribution in [0.2, 0.25) is 0 Å². The molecule has 0 aliphatic carbocycles. The van der Waals surface area contributed by atoms with Gasteiger partial charge in [0.15, 0.2) is 0 Å². The molecule has 34 heavy (non-hydrogen) atoms. The zero-order valence-corrected chi connectivity index (χ0v) is 19.8. The Hall–Kier alpha value is -3.36. The number of nitrogens with zero attached hydrogens (tertiary/aromatic N) is 2. The minimum absolute atomic E-state index is 0.0144. The molecule has 1 aromatic heterocycles. The van der Waals surface area contributed by atoms with E-state index in [-0.39, 0.29) is 23.9 Å². The molecule has 3 aromatic rings. The van der Waals surface area contributed by atoms with Gasteiger partial charge >= 0.3 is 0 Å². The normalized spacial score (nSPS) is 16.8. The first-order chi connectivity index (χ1) is 16.7. The molecular weight excluding hydrogens is 446 g/mol. The van der Waals surface area contributed by atoms with E-state index >= 15 is 0 Å². The van der Waals surface area contributed by atoms with Gasteiger partial charge in [-0.05, 0) is 37.8 Å². The average molecular weight is 476 g/mol. The molecule has 1 saturated heterocycles. The van der Waals surface area contributed by atoms with E-state index in [1.807, 2.05) is 48.5 Å². The number of hydrogen-bond acceptors (Lipinski definition) is 6. The van der Waals surface area contributed by atoms with Crippen molar-refractivity contribution in [3.05, 3.63) is 78.4 Å². The number of carbonyl (C=O) groups is 2. The fourth-order valence-corrected chi connectivity index (χ4v) is 4.62. The number of aromatic nitrogens is 2. The second kappa shape index (κ2) is 12.2. The Morgan fingerprint density at radius 1 is 1.06 bits per heavy atom. The van der Waals surface area contributed by atoms with Gasteiger partial charge in [-0.25, -0.2) is 0 Å². The van der Waals surface area contributed by atoms with Crippen LogP contribution in [-0.4, -0.2) is 40.6 Å². The number of rotatable bonds is 9. The number of aryl methyl sites for hydroxylation is 1. The van der Waals surface area contributed by atoms with Crippen LogP contribution < -0.4 is 16.0 Å². The molecule has 0 spiro atoms. The number of anilines is 1. The molecule has 2 amide bonds. The number of amides is 2. The van der Waals surface area contributed by atoms with Crippen molar-refractivity contribution in [1.29, 1.82) is 0 Å². The quantitative estimate of drug-likeness (QED) is 0.407. The van der Waals surface area contributed by atoms with Gasteiger partial charge in [0.25, 0.3) is 0 Å². The van der Waals surface area contributed by atoms with Gasteiger partial charge in [-0.15, -0.1) is 10.2 Å². The first-order valence-corrected chi connectivity index (χ1v) is 12.4. The maximum absolute atomic E-state index is 12.8. The highest BCUT2D eigenvalue weighted by molar-refractivity contribution is 7.18. The summed E-state index contributed by atoms with van der Waals surface area (Å²) in [7, 11) is 0. The van der Waals surface area contributed by atoms with Crippen LogP contribution in [0.5, 0.6) is 0 Å². The van der Waals surface area contributed by atoms with Gasteiger partial charge in [0.2, 0.25) is 16.9 Å². The smallest absolute Gasteiger partial charge is 0.249 e. The third-order valence-corrected chi connectivity index (χ3v) is 6.58. The summed E-state index contributed by atoms with van der Waals surface area (Å²) in [5.74, 6) is -0.315. The van der Waals surface area contributed by atoms with E-state index in [0.29, 0.717) is 11.6 Å². The van der Waals surface area contributed by atoms with E-state index in [1.54, 1.807) is 6.08 Å². The minimum Gasteiger partial charge on any atom is -0.349 e. The van der Waals surface area contributed by atoms with Gasteiger partial charge in [-0.2, -0.15) is 0 Å². The Morgan fingerprint density at radius 2 is 1.82 bits per heavy atom. The number of nitrogens with one attached hydrogen (secondary N) is 3. The lowest BCUT2D eigenvalue weighted by atomic mass is 10.0. The van der Waals surface area contributed by atoms with Gasteiger partial charge in [0.1, 0.15) is 5.01 Å². The summed E-state index contributed by atoms with van der Waals surface area (Å²) in [6.07, 6.45) is 7.70. The average Bonchev–Trinajstić information content (AvgIpc) is 3.35. The van der Waals surface area contributed by atoms with Crippen LogP contribution >= 0.6 is 11.3 Å².